The lowest BCUT2D eigenvalue weighted by molar-refractivity contribution is -0.154. The molecule has 3 aromatic rings. The van der Waals surface area contributed by atoms with Crippen LogP contribution in [0.3, 0.4) is 0 Å². The van der Waals surface area contributed by atoms with Crippen LogP contribution in [-0.4, -0.2) is 61.9 Å². The first-order chi connectivity index (χ1) is 19.9. The molecule has 0 aliphatic carbocycles. The smallest absolute Gasteiger partial charge is 0.331 e. The van der Waals surface area contributed by atoms with Crippen molar-refractivity contribution in [3.8, 4) is 17.2 Å². The van der Waals surface area contributed by atoms with Crippen molar-refractivity contribution in [2.45, 2.75) is 32.4 Å². The maximum Gasteiger partial charge on any atom is 0.331 e. The molecular weight excluding hydrogens is 528 g/mol. The molecule has 41 heavy (non-hydrogen) atoms. The Hall–Kier alpha value is -4.44. The predicted molar refractivity (Wildman–Crippen MR) is 149 cm³/mol. The highest BCUT2D eigenvalue weighted by Gasteiger charge is 2.36. The van der Waals surface area contributed by atoms with Crippen LogP contribution in [0, 0.1) is 11.8 Å². The van der Waals surface area contributed by atoms with E-state index in [1.807, 2.05) is 67.6 Å². The zero-order chi connectivity index (χ0) is 29.2. The lowest BCUT2D eigenvalue weighted by atomic mass is 9.84. The van der Waals surface area contributed by atoms with Gasteiger partial charge in [-0.15, -0.1) is 0 Å². The van der Waals surface area contributed by atoms with E-state index in [0.717, 1.165) is 5.56 Å². The van der Waals surface area contributed by atoms with Gasteiger partial charge >= 0.3 is 11.9 Å². The predicted octanol–water partition coefficient (Wildman–Crippen LogP) is 3.63. The number of rotatable bonds is 9. The lowest BCUT2D eigenvalue weighted by Gasteiger charge is -2.30. The van der Waals surface area contributed by atoms with Gasteiger partial charge in [0.25, 0.3) is 5.91 Å². The summed E-state index contributed by atoms with van der Waals surface area (Å²) < 4.78 is 28.4. The quantitative estimate of drug-likeness (QED) is 0.390. The van der Waals surface area contributed by atoms with E-state index in [1.54, 1.807) is 0 Å². The van der Waals surface area contributed by atoms with Crippen LogP contribution >= 0.6 is 0 Å². The van der Waals surface area contributed by atoms with Crippen molar-refractivity contribution >= 4 is 17.8 Å². The van der Waals surface area contributed by atoms with E-state index in [-0.39, 0.29) is 35.6 Å². The average molecular weight is 563 g/mol. The molecule has 0 unspecified atom stereocenters. The Labute approximate surface area is 238 Å². The van der Waals surface area contributed by atoms with E-state index in [9.17, 15) is 14.4 Å². The molecule has 1 aliphatic heterocycles. The summed E-state index contributed by atoms with van der Waals surface area (Å²) in [5.41, 5.74) is 0.909. The molecule has 10 heteroatoms. The summed E-state index contributed by atoms with van der Waals surface area (Å²) in [6.07, 6.45) is 1.47. The summed E-state index contributed by atoms with van der Waals surface area (Å²) in [5, 5.41) is 2.62. The van der Waals surface area contributed by atoms with Crippen molar-refractivity contribution in [2.75, 3.05) is 26.9 Å². The normalized spacial score (nSPS) is 20.9. The molecule has 4 atom stereocenters. The van der Waals surface area contributed by atoms with Gasteiger partial charge < -0.3 is 29.0 Å². The molecule has 0 saturated carbocycles. The van der Waals surface area contributed by atoms with E-state index in [0.29, 0.717) is 25.4 Å². The standard InChI is InChI=1S/C31H34N2O8/c1-20-25(18-39-24-12-8-5-9-13-24)23(16-22-10-6-4-7-11-22)17-38-19-26(31(36)40-20)33-30(35)28-29(41-21(2)34)27(37-3)14-15-32-28/h4-15,20,23,25-26H,16-19H2,1-3H3,(H,33,35)/t20-,23-,25-,26-/m0/s1. The van der Waals surface area contributed by atoms with E-state index >= 15 is 0 Å². The topological polar surface area (TPSA) is 122 Å². The number of esters is 2. The number of nitrogens with zero attached hydrogens (tertiary/aromatic N) is 1. The van der Waals surface area contributed by atoms with E-state index in [1.165, 1.54) is 26.3 Å². The third kappa shape index (κ3) is 8.04. The minimum absolute atomic E-state index is 0.0472. The number of carbonyl (C=O) groups excluding carboxylic acids is 3. The fraction of sp³-hybridized carbons (Fsp3) is 0.355. The maximum atomic E-state index is 13.3. The third-order valence-electron chi connectivity index (χ3n) is 6.79. The molecule has 2 heterocycles. The molecule has 1 fully saturated rings. The van der Waals surface area contributed by atoms with Crippen LogP contribution in [0.4, 0.5) is 0 Å². The number of hydrogen-bond donors (Lipinski definition) is 1. The monoisotopic (exact) mass is 562 g/mol. The summed E-state index contributed by atoms with van der Waals surface area (Å²) in [5.74, 6) is -1.60. The highest BCUT2D eigenvalue weighted by atomic mass is 16.6. The molecule has 10 nitrogen and oxygen atoms in total. The Morgan fingerprint density at radius 1 is 1.02 bits per heavy atom. The summed E-state index contributed by atoms with van der Waals surface area (Å²) in [7, 11) is 1.37. The van der Waals surface area contributed by atoms with Crippen molar-refractivity contribution in [2.24, 2.45) is 11.8 Å². The van der Waals surface area contributed by atoms with Gasteiger partial charge in [-0.2, -0.15) is 0 Å². The van der Waals surface area contributed by atoms with Crippen LogP contribution < -0.4 is 19.5 Å². The Morgan fingerprint density at radius 3 is 2.41 bits per heavy atom. The summed E-state index contributed by atoms with van der Waals surface area (Å²) in [6, 6.07) is 19.8. The van der Waals surface area contributed by atoms with E-state index < -0.39 is 30.0 Å². The number of hydrogen-bond acceptors (Lipinski definition) is 9. The largest absolute Gasteiger partial charge is 0.493 e. The molecular formula is C31H34N2O8. The van der Waals surface area contributed by atoms with Crippen LogP contribution in [-0.2, 0) is 25.5 Å². The highest BCUT2D eigenvalue weighted by Crippen LogP contribution is 2.30. The van der Waals surface area contributed by atoms with Gasteiger partial charge in [-0.25, -0.2) is 9.78 Å². The van der Waals surface area contributed by atoms with Crippen molar-refractivity contribution in [1.82, 2.24) is 10.3 Å². The first-order valence-corrected chi connectivity index (χ1v) is 13.4. The summed E-state index contributed by atoms with van der Waals surface area (Å²) in [6.45, 7) is 3.50. The van der Waals surface area contributed by atoms with Gasteiger partial charge in [-0.05, 0) is 37.0 Å². The van der Waals surface area contributed by atoms with Crippen LogP contribution in [0.15, 0.2) is 72.9 Å². The van der Waals surface area contributed by atoms with Gasteiger partial charge in [-0.3, -0.25) is 9.59 Å². The van der Waals surface area contributed by atoms with Crippen LogP contribution in [0.2, 0.25) is 0 Å². The van der Waals surface area contributed by atoms with Crippen molar-refractivity contribution in [1.29, 1.82) is 0 Å². The van der Waals surface area contributed by atoms with Crippen molar-refractivity contribution < 1.29 is 38.1 Å². The Bertz CT molecular complexity index is 1320. The molecule has 1 N–H and O–H groups in total. The number of benzene rings is 2. The number of para-hydroxylation sites is 1. The minimum atomic E-state index is -1.13. The van der Waals surface area contributed by atoms with Gasteiger partial charge in [-0.1, -0.05) is 48.5 Å². The van der Waals surface area contributed by atoms with Gasteiger partial charge in [0, 0.05) is 25.1 Å². The van der Waals surface area contributed by atoms with Crippen LogP contribution in [0.1, 0.15) is 29.9 Å². The van der Waals surface area contributed by atoms with Gasteiger partial charge in [0.15, 0.2) is 17.5 Å². The summed E-state index contributed by atoms with van der Waals surface area (Å²) >= 11 is 0. The zero-order valence-electron chi connectivity index (χ0n) is 23.3. The maximum absolute atomic E-state index is 13.3. The minimum Gasteiger partial charge on any atom is -0.493 e. The molecule has 1 saturated heterocycles. The molecule has 4 rings (SSSR count). The zero-order valence-corrected chi connectivity index (χ0v) is 23.3. The van der Waals surface area contributed by atoms with E-state index in [4.69, 9.17) is 23.7 Å². The molecule has 1 amide bonds. The number of cyclic esters (lactones) is 1. The molecule has 1 aromatic heterocycles. The Kier molecular flexibility index (Phi) is 10.3. The Morgan fingerprint density at radius 2 is 1.73 bits per heavy atom. The van der Waals surface area contributed by atoms with Crippen LogP contribution in [0.5, 0.6) is 17.2 Å². The van der Waals surface area contributed by atoms with Crippen molar-refractivity contribution in [3.05, 3.63) is 84.2 Å². The number of amides is 1. The number of aromatic nitrogens is 1. The molecule has 216 valence electrons. The molecule has 0 spiro atoms. The second kappa shape index (κ2) is 14.3. The highest BCUT2D eigenvalue weighted by molar-refractivity contribution is 5.98. The third-order valence-corrected chi connectivity index (χ3v) is 6.79. The fourth-order valence-electron chi connectivity index (χ4n) is 4.70. The number of carbonyl (C=O) groups is 3. The average Bonchev–Trinajstić information content (AvgIpc) is 3.01. The van der Waals surface area contributed by atoms with Gasteiger partial charge in [0.2, 0.25) is 5.75 Å². The number of ether oxygens (including phenoxy) is 5. The molecule has 2 aromatic carbocycles. The molecule has 0 bridgehead atoms. The lowest BCUT2D eigenvalue weighted by Crippen LogP contribution is -2.46. The number of nitrogens with one attached hydrogen (secondary N) is 1. The number of methoxy groups -OCH3 is 1. The first kappa shape index (κ1) is 29.5. The van der Waals surface area contributed by atoms with Gasteiger partial charge in [0.1, 0.15) is 11.9 Å². The van der Waals surface area contributed by atoms with Gasteiger partial charge in [0.05, 0.1) is 26.9 Å². The number of pyridine rings is 1. The first-order valence-electron chi connectivity index (χ1n) is 13.4. The summed E-state index contributed by atoms with van der Waals surface area (Å²) in [4.78, 5) is 42.2. The second-order valence-electron chi connectivity index (χ2n) is 9.73. The molecule has 1 aliphatic rings. The molecule has 0 radical (unpaired) electrons. The van der Waals surface area contributed by atoms with Crippen LogP contribution in [0.25, 0.3) is 0 Å². The second-order valence-corrected chi connectivity index (χ2v) is 9.73. The Balaban J connectivity index is 1.54. The van der Waals surface area contributed by atoms with E-state index in [2.05, 4.69) is 10.3 Å². The SMILES string of the molecule is COc1ccnc(C(=O)N[C@H]2COC[C@H](Cc3ccccc3)[C@@H](COc3ccccc3)[C@H](C)OC2=O)c1OC(C)=O. The fourth-order valence-corrected chi connectivity index (χ4v) is 4.70. The van der Waals surface area contributed by atoms with Crippen molar-refractivity contribution in [3.63, 3.8) is 0 Å².